The molecule has 2 unspecified atom stereocenters. The maximum Gasteiger partial charge on any atom is 0.00694 e. The van der Waals surface area contributed by atoms with Crippen molar-refractivity contribution < 1.29 is 0 Å². The molecule has 0 amide bonds. The summed E-state index contributed by atoms with van der Waals surface area (Å²) in [4.78, 5) is 0. The van der Waals surface area contributed by atoms with Gasteiger partial charge in [0.25, 0.3) is 0 Å². The molecule has 0 aliphatic rings. The van der Waals surface area contributed by atoms with E-state index in [1.165, 1.54) is 25.0 Å². The van der Waals surface area contributed by atoms with E-state index >= 15 is 0 Å². The van der Waals surface area contributed by atoms with Gasteiger partial charge < -0.3 is 5.32 Å². The normalized spacial score (nSPS) is 15.6. The van der Waals surface area contributed by atoms with Gasteiger partial charge in [0.2, 0.25) is 0 Å². The Morgan fingerprint density at radius 3 is 2.33 bits per heavy atom. The van der Waals surface area contributed by atoms with Crippen molar-refractivity contribution in [2.45, 2.75) is 53.0 Å². The number of nitrogens with one attached hydrogen (secondary N) is 1. The lowest BCUT2D eigenvalue weighted by Gasteiger charge is -2.28. The van der Waals surface area contributed by atoms with Gasteiger partial charge in [0, 0.05) is 6.04 Å². The topological polar surface area (TPSA) is 12.0 Å². The van der Waals surface area contributed by atoms with E-state index in [9.17, 15) is 0 Å². The third-order valence-corrected chi connectivity index (χ3v) is 3.80. The summed E-state index contributed by atoms with van der Waals surface area (Å²) in [6, 6.07) is 0.673. The van der Waals surface area contributed by atoms with Crippen LogP contribution < -0.4 is 5.32 Å². The SMILES string of the molecule is CCCNC(C)C(CCCSC)C(C)C. The number of thioether (sulfide) groups is 1. The standard InChI is InChI=1S/C13H29NS/c1-6-9-14-12(4)13(11(2)3)8-7-10-15-5/h11-14H,6-10H2,1-5H3. The first kappa shape index (κ1) is 15.3. The van der Waals surface area contributed by atoms with Crippen LogP contribution in [-0.2, 0) is 0 Å². The van der Waals surface area contributed by atoms with Crippen molar-refractivity contribution in [3.8, 4) is 0 Å². The highest BCUT2D eigenvalue weighted by Crippen LogP contribution is 2.22. The molecule has 0 saturated heterocycles. The molecule has 0 bridgehead atoms. The van der Waals surface area contributed by atoms with Crippen LogP contribution in [0.25, 0.3) is 0 Å². The quantitative estimate of drug-likeness (QED) is 0.606. The molecular formula is C13H29NS. The molecule has 92 valence electrons. The van der Waals surface area contributed by atoms with Gasteiger partial charge in [-0.05, 0) is 56.6 Å². The summed E-state index contributed by atoms with van der Waals surface area (Å²) in [5, 5.41) is 3.63. The molecule has 0 spiro atoms. The number of hydrogen-bond donors (Lipinski definition) is 1. The Kier molecular flexibility index (Phi) is 9.73. The molecule has 0 aliphatic heterocycles. The van der Waals surface area contributed by atoms with Crippen molar-refractivity contribution in [1.82, 2.24) is 5.32 Å². The lowest BCUT2D eigenvalue weighted by atomic mass is 9.85. The van der Waals surface area contributed by atoms with E-state index in [2.05, 4.69) is 39.3 Å². The van der Waals surface area contributed by atoms with Crippen LogP contribution in [0.3, 0.4) is 0 Å². The molecule has 2 atom stereocenters. The van der Waals surface area contributed by atoms with Gasteiger partial charge >= 0.3 is 0 Å². The average molecular weight is 231 g/mol. The summed E-state index contributed by atoms with van der Waals surface area (Å²) in [5.41, 5.74) is 0. The van der Waals surface area contributed by atoms with Gasteiger partial charge in [-0.25, -0.2) is 0 Å². The van der Waals surface area contributed by atoms with Crippen LogP contribution in [0.1, 0.15) is 47.0 Å². The van der Waals surface area contributed by atoms with E-state index in [4.69, 9.17) is 0 Å². The van der Waals surface area contributed by atoms with Crippen molar-refractivity contribution in [3.63, 3.8) is 0 Å². The van der Waals surface area contributed by atoms with E-state index in [1.54, 1.807) is 0 Å². The molecule has 0 radical (unpaired) electrons. The second-order valence-corrected chi connectivity index (χ2v) is 5.77. The molecule has 0 aromatic rings. The van der Waals surface area contributed by atoms with Gasteiger partial charge in [0.1, 0.15) is 0 Å². The lowest BCUT2D eigenvalue weighted by molar-refractivity contribution is 0.272. The van der Waals surface area contributed by atoms with Crippen molar-refractivity contribution in [3.05, 3.63) is 0 Å². The molecular weight excluding hydrogens is 202 g/mol. The van der Waals surface area contributed by atoms with Crippen LogP contribution in [0.2, 0.25) is 0 Å². The maximum absolute atomic E-state index is 3.63. The third kappa shape index (κ3) is 7.24. The van der Waals surface area contributed by atoms with E-state index < -0.39 is 0 Å². The first-order chi connectivity index (χ1) is 7.13. The van der Waals surface area contributed by atoms with Crippen molar-refractivity contribution in [1.29, 1.82) is 0 Å². The maximum atomic E-state index is 3.63. The molecule has 0 rings (SSSR count). The molecule has 0 aliphatic carbocycles. The number of rotatable bonds is 9. The Morgan fingerprint density at radius 1 is 1.20 bits per heavy atom. The van der Waals surface area contributed by atoms with Gasteiger partial charge in [0.15, 0.2) is 0 Å². The zero-order chi connectivity index (χ0) is 11.7. The fourth-order valence-electron chi connectivity index (χ4n) is 2.15. The van der Waals surface area contributed by atoms with Crippen LogP contribution in [0.15, 0.2) is 0 Å². The largest absolute Gasteiger partial charge is 0.314 e. The van der Waals surface area contributed by atoms with E-state index in [-0.39, 0.29) is 0 Å². The summed E-state index contributed by atoms with van der Waals surface area (Å²) in [6.07, 6.45) is 6.17. The van der Waals surface area contributed by atoms with Crippen LogP contribution in [0, 0.1) is 11.8 Å². The highest BCUT2D eigenvalue weighted by Gasteiger charge is 2.19. The summed E-state index contributed by atoms with van der Waals surface area (Å²) in [7, 11) is 0. The fourth-order valence-corrected chi connectivity index (χ4v) is 2.60. The minimum Gasteiger partial charge on any atom is -0.314 e. The molecule has 1 nitrogen and oxygen atoms in total. The molecule has 0 aromatic carbocycles. The number of hydrogen-bond acceptors (Lipinski definition) is 2. The van der Waals surface area contributed by atoms with E-state index in [1.807, 2.05) is 11.8 Å². The van der Waals surface area contributed by atoms with Gasteiger partial charge in [-0.1, -0.05) is 20.8 Å². The molecule has 2 heteroatoms. The average Bonchev–Trinajstić information content (AvgIpc) is 2.20. The van der Waals surface area contributed by atoms with Crippen molar-refractivity contribution in [2.24, 2.45) is 11.8 Å². The summed E-state index contributed by atoms with van der Waals surface area (Å²) >= 11 is 1.96. The fraction of sp³-hybridized carbons (Fsp3) is 1.00. The first-order valence-electron chi connectivity index (χ1n) is 6.35. The predicted molar refractivity (Wildman–Crippen MR) is 73.7 cm³/mol. The molecule has 0 saturated carbocycles. The molecule has 0 fully saturated rings. The predicted octanol–water partition coefficient (Wildman–Crippen LogP) is 3.79. The molecule has 0 aromatic heterocycles. The van der Waals surface area contributed by atoms with Gasteiger partial charge in [-0.3, -0.25) is 0 Å². The van der Waals surface area contributed by atoms with Crippen LogP contribution in [0.5, 0.6) is 0 Å². The second-order valence-electron chi connectivity index (χ2n) is 4.79. The van der Waals surface area contributed by atoms with Crippen molar-refractivity contribution >= 4 is 11.8 Å². The Hall–Kier alpha value is 0.310. The van der Waals surface area contributed by atoms with Crippen LogP contribution in [-0.4, -0.2) is 24.6 Å². The van der Waals surface area contributed by atoms with Crippen LogP contribution in [0.4, 0.5) is 0 Å². The Labute approximate surface area is 101 Å². The minimum absolute atomic E-state index is 0.673. The minimum atomic E-state index is 0.673. The smallest absolute Gasteiger partial charge is 0.00694 e. The van der Waals surface area contributed by atoms with Crippen LogP contribution >= 0.6 is 11.8 Å². The van der Waals surface area contributed by atoms with Gasteiger partial charge in [0.05, 0.1) is 0 Å². The summed E-state index contributed by atoms with van der Waals surface area (Å²) < 4.78 is 0. The van der Waals surface area contributed by atoms with Gasteiger partial charge in [-0.2, -0.15) is 11.8 Å². The Balaban J connectivity index is 3.89. The zero-order valence-corrected chi connectivity index (χ0v) is 12.0. The molecule has 0 heterocycles. The highest BCUT2D eigenvalue weighted by molar-refractivity contribution is 7.98. The first-order valence-corrected chi connectivity index (χ1v) is 7.75. The second kappa shape index (κ2) is 9.53. The Morgan fingerprint density at radius 2 is 1.87 bits per heavy atom. The van der Waals surface area contributed by atoms with E-state index in [0.29, 0.717) is 6.04 Å². The summed E-state index contributed by atoms with van der Waals surface area (Å²) in [6.45, 7) is 10.5. The van der Waals surface area contributed by atoms with Crippen molar-refractivity contribution in [2.75, 3.05) is 18.6 Å². The van der Waals surface area contributed by atoms with Gasteiger partial charge in [-0.15, -0.1) is 0 Å². The molecule has 15 heavy (non-hydrogen) atoms. The monoisotopic (exact) mass is 231 g/mol. The third-order valence-electron chi connectivity index (χ3n) is 3.10. The lowest BCUT2D eigenvalue weighted by Crippen LogP contribution is -2.36. The van der Waals surface area contributed by atoms with E-state index in [0.717, 1.165) is 18.4 Å². The summed E-state index contributed by atoms with van der Waals surface area (Å²) in [5.74, 6) is 2.94. The molecule has 1 N–H and O–H groups in total. The zero-order valence-electron chi connectivity index (χ0n) is 11.2. The Bertz CT molecular complexity index is 136. The highest BCUT2D eigenvalue weighted by atomic mass is 32.2.